The van der Waals surface area contributed by atoms with Crippen LogP contribution in [0.25, 0.3) is 0 Å². The molecular formula is C7H8N2S. The summed E-state index contributed by atoms with van der Waals surface area (Å²) in [6.45, 7) is 0.579. The monoisotopic (exact) mass is 152 g/mol. The summed E-state index contributed by atoms with van der Waals surface area (Å²) in [6, 6.07) is 4.07. The molecule has 0 radical (unpaired) electrons. The fourth-order valence-electron chi connectivity index (χ4n) is 0.717. The summed E-state index contributed by atoms with van der Waals surface area (Å²) < 4.78 is 0. The lowest BCUT2D eigenvalue weighted by Gasteiger charge is -1.82. The van der Waals surface area contributed by atoms with Crippen LogP contribution < -0.4 is 5.73 Å². The molecule has 0 atom stereocenters. The Labute approximate surface area is 63.9 Å². The zero-order valence-electron chi connectivity index (χ0n) is 5.50. The minimum absolute atomic E-state index is 0.497. The van der Waals surface area contributed by atoms with Gasteiger partial charge < -0.3 is 5.73 Å². The molecule has 10 heavy (non-hydrogen) atoms. The van der Waals surface area contributed by atoms with E-state index in [-0.39, 0.29) is 0 Å². The highest BCUT2D eigenvalue weighted by molar-refractivity contribution is 7.10. The maximum absolute atomic E-state index is 8.33. The van der Waals surface area contributed by atoms with Crippen molar-refractivity contribution in [3.8, 4) is 6.07 Å². The van der Waals surface area contributed by atoms with Crippen LogP contribution in [0.15, 0.2) is 11.4 Å². The Bertz CT molecular complexity index is 246. The molecule has 1 aromatic heterocycles. The van der Waals surface area contributed by atoms with Gasteiger partial charge >= 0.3 is 0 Å². The van der Waals surface area contributed by atoms with E-state index in [0.29, 0.717) is 13.0 Å². The largest absolute Gasteiger partial charge is 0.326 e. The van der Waals surface area contributed by atoms with Gasteiger partial charge in [0.2, 0.25) is 0 Å². The van der Waals surface area contributed by atoms with Crippen molar-refractivity contribution in [1.29, 1.82) is 5.26 Å². The molecule has 2 N–H and O–H groups in total. The lowest BCUT2D eigenvalue weighted by atomic mass is 10.2. The molecule has 1 heterocycles. The first kappa shape index (κ1) is 7.26. The molecule has 0 spiro atoms. The number of thiophene rings is 1. The molecule has 0 saturated heterocycles. The van der Waals surface area contributed by atoms with Gasteiger partial charge in [-0.25, -0.2) is 0 Å². The maximum atomic E-state index is 8.33. The number of nitrogens with two attached hydrogens (primary N) is 1. The molecule has 0 saturated carbocycles. The average molecular weight is 152 g/mol. The van der Waals surface area contributed by atoms with Crippen LogP contribution in [0.2, 0.25) is 0 Å². The molecule has 0 aliphatic carbocycles. The second-order valence-corrected chi connectivity index (χ2v) is 2.96. The molecule has 52 valence electrons. The van der Waals surface area contributed by atoms with E-state index in [2.05, 4.69) is 6.07 Å². The summed E-state index contributed by atoms with van der Waals surface area (Å²) in [7, 11) is 0. The zero-order valence-corrected chi connectivity index (χ0v) is 6.32. The van der Waals surface area contributed by atoms with Crippen LogP contribution in [0, 0.1) is 11.3 Å². The Kier molecular flexibility index (Phi) is 2.43. The predicted molar refractivity (Wildman–Crippen MR) is 41.5 cm³/mol. The average Bonchev–Trinajstić information content (AvgIpc) is 2.37. The van der Waals surface area contributed by atoms with Gasteiger partial charge in [0.1, 0.15) is 0 Å². The molecule has 0 amide bonds. The van der Waals surface area contributed by atoms with Crippen LogP contribution >= 0.6 is 11.3 Å². The second-order valence-electron chi connectivity index (χ2n) is 1.96. The number of hydrogen-bond acceptors (Lipinski definition) is 3. The second kappa shape index (κ2) is 3.35. The van der Waals surface area contributed by atoms with Gasteiger partial charge in [0.15, 0.2) is 0 Å². The summed E-state index contributed by atoms with van der Waals surface area (Å²) in [5.74, 6) is 0. The van der Waals surface area contributed by atoms with E-state index in [1.807, 2.05) is 11.4 Å². The van der Waals surface area contributed by atoms with E-state index < -0.39 is 0 Å². The molecule has 0 unspecified atom stereocenters. The van der Waals surface area contributed by atoms with Crippen LogP contribution in [-0.2, 0) is 13.0 Å². The predicted octanol–water partition coefficient (Wildman–Crippen LogP) is 1.27. The van der Waals surface area contributed by atoms with Crippen LogP contribution in [-0.4, -0.2) is 0 Å². The van der Waals surface area contributed by atoms with Crippen molar-refractivity contribution >= 4 is 11.3 Å². The van der Waals surface area contributed by atoms with Gasteiger partial charge in [0, 0.05) is 11.4 Å². The van der Waals surface area contributed by atoms with Crippen molar-refractivity contribution < 1.29 is 0 Å². The number of rotatable bonds is 2. The van der Waals surface area contributed by atoms with E-state index in [9.17, 15) is 0 Å². The van der Waals surface area contributed by atoms with Gasteiger partial charge in [-0.05, 0) is 17.0 Å². The minimum Gasteiger partial charge on any atom is -0.326 e. The Morgan fingerprint density at radius 1 is 1.70 bits per heavy atom. The zero-order chi connectivity index (χ0) is 7.40. The molecule has 2 nitrogen and oxygen atoms in total. The SMILES string of the molecule is N#CCc1csc(CN)c1. The standard InChI is InChI=1S/C7H8N2S/c8-2-1-6-3-7(4-9)10-5-6/h3,5H,1,4,9H2. The number of hydrogen-bond donors (Lipinski definition) is 1. The highest BCUT2D eigenvalue weighted by Crippen LogP contribution is 2.13. The first-order valence-corrected chi connectivity index (χ1v) is 3.88. The highest BCUT2D eigenvalue weighted by atomic mass is 32.1. The molecule has 1 rings (SSSR count). The summed E-state index contributed by atoms with van der Waals surface area (Å²) in [6.07, 6.45) is 0.497. The van der Waals surface area contributed by atoms with Crippen molar-refractivity contribution in [2.75, 3.05) is 0 Å². The van der Waals surface area contributed by atoms with Crippen LogP contribution in [0.3, 0.4) is 0 Å². The Morgan fingerprint density at radius 3 is 3.00 bits per heavy atom. The van der Waals surface area contributed by atoms with Crippen molar-refractivity contribution in [1.82, 2.24) is 0 Å². The lowest BCUT2D eigenvalue weighted by Crippen LogP contribution is -1.91. The van der Waals surface area contributed by atoms with E-state index >= 15 is 0 Å². The fraction of sp³-hybridized carbons (Fsp3) is 0.286. The first-order valence-electron chi connectivity index (χ1n) is 3.00. The molecule has 0 aromatic carbocycles. The van der Waals surface area contributed by atoms with Crippen molar-refractivity contribution in [3.63, 3.8) is 0 Å². The third kappa shape index (κ3) is 1.56. The van der Waals surface area contributed by atoms with Gasteiger partial charge in [-0.1, -0.05) is 0 Å². The Hall–Kier alpha value is -0.850. The number of nitrogens with zero attached hydrogens (tertiary/aromatic N) is 1. The fourth-order valence-corrected chi connectivity index (χ4v) is 1.49. The highest BCUT2D eigenvalue weighted by Gasteiger charge is 1.95. The summed E-state index contributed by atoms with van der Waals surface area (Å²) in [4.78, 5) is 1.14. The molecule has 1 aromatic rings. The molecular weight excluding hydrogens is 144 g/mol. The molecule has 0 fully saturated rings. The van der Waals surface area contributed by atoms with Crippen LogP contribution in [0.4, 0.5) is 0 Å². The number of nitriles is 1. The summed E-state index contributed by atoms with van der Waals surface area (Å²) in [5.41, 5.74) is 6.46. The quantitative estimate of drug-likeness (QED) is 0.693. The van der Waals surface area contributed by atoms with E-state index in [0.717, 1.165) is 10.4 Å². The van der Waals surface area contributed by atoms with Crippen molar-refractivity contribution in [2.24, 2.45) is 5.73 Å². The minimum atomic E-state index is 0.497. The molecule has 0 aliphatic heterocycles. The maximum Gasteiger partial charge on any atom is 0.0670 e. The van der Waals surface area contributed by atoms with E-state index in [4.69, 9.17) is 11.0 Å². The van der Waals surface area contributed by atoms with Gasteiger partial charge in [0.05, 0.1) is 12.5 Å². The Morgan fingerprint density at radius 2 is 2.50 bits per heavy atom. The Balaban J connectivity index is 2.70. The van der Waals surface area contributed by atoms with E-state index in [1.54, 1.807) is 11.3 Å². The normalized spacial score (nSPS) is 9.20. The van der Waals surface area contributed by atoms with Gasteiger partial charge in [0.25, 0.3) is 0 Å². The molecule has 0 aliphatic rings. The first-order chi connectivity index (χ1) is 4.86. The van der Waals surface area contributed by atoms with Crippen molar-refractivity contribution in [2.45, 2.75) is 13.0 Å². The lowest BCUT2D eigenvalue weighted by molar-refractivity contribution is 1.10. The van der Waals surface area contributed by atoms with Crippen molar-refractivity contribution in [3.05, 3.63) is 21.9 Å². The summed E-state index contributed by atoms with van der Waals surface area (Å²) >= 11 is 1.61. The smallest absolute Gasteiger partial charge is 0.0670 e. The van der Waals surface area contributed by atoms with E-state index in [1.165, 1.54) is 0 Å². The molecule has 0 bridgehead atoms. The third-order valence-electron chi connectivity index (χ3n) is 1.19. The summed E-state index contributed by atoms with van der Waals surface area (Å²) in [5, 5.41) is 10.3. The topological polar surface area (TPSA) is 49.8 Å². The van der Waals surface area contributed by atoms with Gasteiger partial charge in [-0.15, -0.1) is 11.3 Å². The van der Waals surface area contributed by atoms with Gasteiger partial charge in [-0.2, -0.15) is 5.26 Å². The molecule has 3 heteroatoms. The van der Waals surface area contributed by atoms with Gasteiger partial charge in [-0.3, -0.25) is 0 Å². The van der Waals surface area contributed by atoms with Crippen LogP contribution in [0.1, 0.15) is 10.4 Å². The third-order valence-corrected chi connectivity index (χ3v) is 2.20. The van der Waals surface area contributed by atoms with Crippen LogP contribution in [0.5, 0.6) is 0 Å².